The highest BCUT2D eigenvalue weighted by molar-refractivity contribution is 6.07. The van der Waals surface area contributed by atoms with Crippen molar-refractivity contribution in [3.8, 4) is 22.9 Å². The molecule has 2 aromatic carbocycles. The van der Waals surface area contributed by atoms with Crippen molar-refractivity contribution < 1.29 is 24.5 Å². The van der Waals surface area contributed by atoms with Crippen LogP contribution in [0.5, 0.6) is 5.75 Å². The van der Waals surface area contributed by atoms with Crippen molar-refractivity contribution in [2.75, 3.05) is 5.73 Å². The van der Waals surface area contributed by atoms with E-state index in [-0.39, 0.29) is 17.7 Å². The van der Waals surface area contributed by atoms with E-state index in [1.165, 1.54) is 18.2 Å². The van der Waals surface area contributed by atoms with Gasteiger partial charge in [0.05, 0.1) is 11.6 Å². The van der Waals surface area contributed by atoms with Crippen LogP contribution in [0.25, 0.3) is 11.1 Å². The third-order valence-corrected chi connectivity index (χ3v) is 4.26. The highest BCUT2D eigenvalue weighted by Gasteiger charge is 2.26. The summed E-state index contributed by atoms with van der Waals surface area (Å²) >= 11 is 0. The number of pyridine rings is 1. The Morgan fingerprint density at radius 3 is 2.43 bits per heavy atom. The average Bonchev–Trinajstić information content (AvgIpc) is 2.71. The zero-order valence-corrected chi connectivity index (χ0v) is 15.4. The molecule has 3 rings (SSSR count). The van der Waals surface area contributed by atoms with Gasteiger partial charge >= 0.3 is 11.9 Å². The summed E-state index contributed by atoms with van der Waals surface area (Å²) in [7, 11) is 0. The van der Waals surface area contributed by atoms with Crippen LogP contribution in [-0.2, 0) is 6.61 Å². The van der Waals surface area contributed by atoms with Gasteiger partial charge in [0.2, 0.25) is 0 Å². The van der Waals surface area contributed by atoms with E-state index < -0.39 is 34.4 Å². The summed E-state index contributed by atoms with van der Waals surface area (Å²) < 4.78 is 5.69. The van der Waals surface area contributed by atoms with Gasteiger partial charge in [-0.1, -0.05) is 24.3 Å². The number of carboxylic acids is 2. The van der Waals surface area contributed by atoms with E-state index >= 15 is 0 Å². The lowest BCUT2D eigenvalue weighted by Crippen LogP contribution is -2.24. The number of nitrogens with zero attached hydrogens (tertiary/aromatic N) is 1. The number of nitriles is 1. The van der Waals surface area contributed by atoms with Crippen molar-refractivity contribution in [2.45, 2.75) is 6.61 Å². The SMILES string of the molecule is N#Cc1cccc(COc2cccc(-c3c(C(=O)O)c(N)[nH]c(=O)c3C(=O)O)c2)c1. The van der Waals surface area contributed by atoms with Crippen LogP contribution in [0, 0.1) is 11.3 Å². The fourth-order valence-electron chi connectivity index (χ4n) is 2.97. The van der Waals surface area contributed by atoms with Gasteiger partial charge in [0.1, 0.15) is 29.3 Å². The Morgan fingerprint density at radius 1 is 1.07 bits per heavy atom. The first-order chi connectivity index (χ1) is 14.3. The van der Waals surface area contributed by atoms with E-state index in [2.05, 4.69) is 4.98 Å². The van der Waals surface area contributed by atoms with Crippen molar-refractivity contribution in [1.82, 2.24) is 4.98 Å². The molecule has 9 heteroatoms. The number of aromatic amines is 1. The Labute approximate surface area is 169 Å². The summed E-state index contributed by atoms with van der Waals surface area (Å²) in [6.07, 6.45) is 0. The molecular weight excluding hydrogens is 390 g/mol. The van der Waals surface area contributed by atoms with Crippen LogP contribution in [0.1, 0.15) is 31.8 Å². The maximum absolute atomic E-state index is 12.1. The van der Waals surface area contributed by atoms with E-state index in [4.69, 9.17) is 15.7 Å². The second kappa shape index (κ2) is 8.20. The molecule has 0 fully saturated rings. The first-order valence-corrected chi connectivity index (χ1v) is 8.56. The number of nitrogens with two attached hydrogens (primary N) is 1. The van der Waals surface area contributed by atoms with Crippen molar-refractivity contribution in [3.63, 3.8) is 0 Å². The number of hydrogen-bond acceptors (Lipinski definition) is 6. The second-order valence-corrected chi connectivity index (χ2v) is 6.23. The van der Waals surface area contributed by atoms with Crippen LogP contribution in [0.15, 0.2) is 53.3 Å². The van der Waals surface area contributed by atoms with Crippen LogP contribution < -0.4 is 16.0 Å². The molecule has 0 bridgehead atoms. The van der Waals surface area contributed by atoms with Crippen molar-refractivity contribution in [1.29, 1.82) is 5.26 Å². The van der Waals surface area contributed by atoms with E-state index in [0.29, 0.717) is 11.3 Å². The zero-order valence-electron chi connectivity index (χ0n) is 15.4. The monoisotopic (exact) mass is 405 g/mol. The van der Waals surface area contributed by atoms with Gasteiger partial charge < -0.3 is 25.7 Å². The molecule has 1 aromatic heterocycles. The molecule has 0 radical (unpaired) electrons. The van der Waals surface area contributed by atoms with Gasteiger partial charge in [-0.2, -0.15) is 5.26 Å². The molecule has 9 nitrogen and oxygen atoms in total. The summed E-state index contributed by atoms with van der Waals surface area (Å²) in [6.45, 7) is 0.119. The van der Waals surface area contributed by atoms with Crippen LogP contribution in [0.4, 0.5) is 5.82 Å². The molecule has 0 atom stereocenters. The predicted molar refractivity (Wildman–Crippen MR) is 106 cm³/mol. The summed E-state index contributed by atoms with van der Waals surface area (Å²) in [5.41, 5.74) is 4.41. The molecule has 5 N–H and O–H groups in total. The van der Waals surface area contributed by atoms with Gasteiger partial charge in [-0.05, 0) is 35.4 Å². The molecule has 0 aliphatic rings. The first-order valence-electron chi connectivity index (χ1n) is 8.56. The lowest BCUT2D eigenvalue weighted by molar-refractivity contribution is 0.0695. The Kier molecular flexibility index (Phi) is 5.51. The second-order valence-electron chi connectivity index (χ2n) is 6.23. The Morgan fingerprint density at radius 2 is 1.77 bits per heavy atom. The molecular formula is C21H15N3O6. The minimum atomic E-state index is -1.59. The van der Waals surface area contributed by atoms with E-state index in [0.717, 1.165) is 5.56 Å². The van der Waals surface area contributed by atoms with E-state index in [9.17, 15) is 24.6 Å². The molecule has 0 aliphatic heterocycles. The zero-order chi connectivity index (χ0) is 21.8. The van der Waals surface area contributed by atoms with Crippen molar-refractivity contribution in [3.05, 3.63) is 81.1 Å². The largest absolute Gasteiger partial charge is 0.489 e. The lowest BCUT2D eigenvalue weighted by Gasteiger charge is -2.13. The summed E-state index contributed by atoms with van der Waals surface area (Å²) in [6, 6.07) is 14.8. The number of anilines is 1. The first kappa shape index (κ1) is 20.2. The predicted octanol–water partition coefficient (Wildman–Crippen LogP) is 2.47. The minimum Gasteiger partial charge on any atom is -0.489 e. The fourth-order valence-corrected chi connectivity index (χ4v) is 2.97. The number of H-pyrrole nitrogens is 1. The molecule has 0 saturated heterocycles. The van der Waals surface area contributed by atoms with Gasteiger partial charge in [-0.3, -0.25) is 4.79 Å². The molecule has 30 heavy (non-hydrogen) atoms. The van der Waals surface area contributed by atoms with Gasteiger partial charge in [0, 0.05) is 5.56 Å². The van der Waals surface area contributed by atoms with Gasteiger partial charge in [0.15, 0.2) is 0 Å². The maximum Gasteiger partial charge on any atom is 0.342 e. The molecule has 0 amide bonds. The lowest BCUT2D eigenvalue weighted by atomic mass is 9.95. The van der Waals surface area contributed by atoms with E-state index in [1.807, 2.05) is 6.07 Å². The molecule has 0 unspecified atom stereocenters. The number of rotatable bonds is 6. The van der Waals surface area contributed by atoms with Gasteiger partial charge in [-0.15, -0.1) is 0 Å². The van der Waals surface area contributed by atoms with Crippen LogP contribution in [0.3, 0.4) is 0 Å². The third-order valence-electron chi connectivity index (χ3n) is 4.26. The number of aromatic carboxylic acids is 2. The van der Waals surface area contributed by atoms with Crippen LogP contribution in [0.2, 0.25) is 0 Å². The Hall–Kier alpha value is -4.58. The van der Waals surface area contributed by atoms with Crippen LogP contribution in [-0.4, -0.2) is 27.1 Å². The van der Waals surface area contributed by atoms with Crippen molar-refractivity contribution >= 4 is 17.8 Å². The normalized spacial score (nSPS) is 10.2. The number of carboxylic acid groups (broad SMARTS) is 2. The Balaban J connectivity index is 2.05. The number of hydrogen-bond donors (Lipinski definition) is 4. The van der Waals surface area contributed by atoms with Crippen LogP contribution >= 0.6 is 0 Å². The number of ether oxygens (including phenoxy) is 1. The molecule has 0 aliphatic carbocycles. The summed E-state index contributed by atoms with van der Waals surface area (Å²) in [5.74, 6) is -3.22. The molecule has 0 saturated carbocycles. The van der Waals surface area contributed by atoms with Crippen molar-refractivity contribution in [2.24, 2.45) is 0 Å². The molecule has 150 valence electrons. The quantitative estimate of drug-likeness (QED) is 0.485. The smallest absolute Gasteiger partial charge is 0.342 e. The third kappa shape index (κ3) is 3.98. The maximum atomic E-state index is 12.1. The molecule has 0 spiro atoms. The summed E-state index contributed by atoms with van der Waals surface area (Å²) in [5, 5.41) is 28.0. The standard InChI is InChI=1S/C21H15N3O6/c22-9-11-3-1-4-12(7-11)10-30-14-6-2-5-13(8-14)15-16(20(26)27)18(23)24-19(25)17(15)21(28)29/h1-8H,10H2,(H,26,27)(H,28,29)(H3,23,24,25). The van der Waals surface area contributed by atoms with E-state index in [1.54, 1.807) is 30.3 Å². The number of aromatic nitrogens is 1. The number of benzene rings is 2. The number of nitrogens with one attached hydrogen (secondary N) is 1. The average molecular weight is 405 g/mol. The Bertz CT molecular complexity index is 1260. The highest BCUT2D eigenvalue weighted by atomic mass is 16.5. The van der Waals surface area contributed by atoms with Gasteiger partial charge in [0.25, 0.3) is 5.56 Å². The molecule has 3 aromatic rings. The van der Waals surface area contributed by atoms with Gasteiger partial charge in [-0.25, -0.2) is 9.59 Å². The topological polar surface area (TPSA) is 166 Å². The fraction of sp³-hybridized carbons (Fsp3) is 0.0476. The number of nitrogen functional groups attached to an aromatic ring is 1. The highest BCUT2D eigenvalue weighted by Crippen LogP contribution is 2.31. The molecule has 1 heterocycles. The number of carbonyl (C=O) groups is 2. The minimum absolute atomic E-state index is 0.119. The summed E-state index contributed by atoms with van der Waals surface area (Å²) in [4.78, 5) is 37.5.